The molecule has 2 unspecified atom stereocenters. The maximum Gasteiger partial charge on any atom is 0.158 e. The highest BCUT2D eigenvalue weighted by molar-refractivity contribution is 9.10. The van der Waals surface area contributed by atoms with Gasteiger partial charge in [-0.2, -0.15) is 9.61 Å². The number of hydrogen-bond donors (Lipinski definition) is 2. The molecule has 0 amide bonds. The lowest BCUT2D eigenvalue weighted by Crippen LogP contribution is -2.36. The highest BCUT2D eigenvalue weighted by Crippen LogP contribution is 2.35. The Kier molecular flexibility index (Phi) is 5.28. The van der Waals surface area contributed by atoms with Gasteiger partial charge >= 0.3 is 0 Å². The zero-order valence-corrected chi connectivity index (χ0v) is 15.5. The summed E-state index contributed by atoms with van der Waals surface area (Å²) in [4.78, 5) is 4.27. The summed E-state index contributed by atoms with van der Waals surface area (Å²) in [6, 6.07) is 3.69. The molecule has 0 spiro atoms. The highest BCUT2D eigenvalue weighted by Gasteiger charge is 2.44. The number of aromatic nitrogens is 3. The molecule has 1 aliphatic carbocycles. The molecular weight excluding hydrogens is 390 g/mol. The number of aliphatic hydroxyl groups excluding tert-OH is 1. The highest BCUT2D eigenvalue weighted by atomic mass is 79.9. The molecule has 2 aromatic heterocycles. The van der Waals surface area contributed by atoms with Crippen LogP contribution in [0.4, 0.5) is 5.82 Å². The molecule has 22 heavy (non-hydrogen) atoms. The summed E-state index contributed by atoms with van der Waals surface area (Å²) < 4.78 is 13.4. The topological polar surface area (TPSA) is 80.9 Å². The second-order valence-corrected chi connectivity index (χ2v) is 6.55. The summed E-state index contributed by atoms with van der Waals surface area (Å²) in [6.45, 7) is 0.0564. The Balaban J connectivity index is 1.87. The number of halogens is 1. The second kappa shape index (κ2) is 7.04. The van der Waals surface area contributed by atoms with E-state index in [-0.39, 0.29) is 30.8 Å². The van der Waals surface area contributed by atoms with E-state index in [0.717, 1.165) is 22.5 Å². The summed E-state index contributed by atoms with van der Waals surface area (Å²) in [5, 5.41) is 17.3. The molecule has 2 N–H and O–H groups in total. The fraction of sp³-hybridized carbons (Fsp3) is 0.500. The van der Waals surface area contributed by atoms with E-state index in [0.29, 0.717) is 0 Å². The number of fused-ring (bicyclic) bond motifs is 1. The van der Waals surface area contributed by atoms with Crippen molar-refractivity contribution in [1.82, 2.24) is 14.6 Å². The molecule has 1 saturated carbocycles. The normalized spacial score (nSPS) is 28.4. The van der Waals surface area contributed by atoms with Gasteiger partial charge in [0.2, 0.25) is 0 Å². The Morgan fingerprint density at radius 1 is 1.41 bits per heavy atom. The summed E-state index contributed by atoms with van der Waals surface area (Å²) in [6.07, 6.45) is 2.08. The Morgan fingerprint density at radius 3 is 2.86 bits per heavy atom. The first kappa shape index (κ1) is 16.5. The van der Waals surface area contributed by atoms with E-state index in [1.807, 2.05) is 12.1 Å². The maximum atomic E-state index is 9.53. The molecule has 0 bridgehead atoms. The Hall–Kier alpha value is -0.360. The molecule has 3 rings (SSSR count). The van der Waals surface area contributed by atoms with Crippen LogP contribution in [0.2, 0.25) is 0 Å². The molecular formula is C12H17BrN4O3P2. The number of rotatable bonds is 5. The predicted octanol–water partition coefficient (Wildman–Crippen LogP) is 1.64. The van der Waals surface area contributed by atoms with Crippen molar-refractivity contribution in [2.75, 3.05) is 11.9 Å². The van der Waals surface area contributed by atoms with Crippen LogP contribution in [0.3, 0.4) is 0 Å². The van der Waals surface area contributed by atoms with Crippen molar-refractivity contribution in [2.45, 2.75) is 24.7 Å². The fourth-order valence-electron chi connectivity index (χ4n) is 2.94. The minimum absolute atomic E-state index is 0.00576. The molecule has 1 aliphatic rings. The van der Waals surface area contributed by atoms with Gasteiger partial charge in [-0.3, -0.25) is 0 Å². The van der Waals surface area contributed by atoms with Crippen molar-refractivity contribution in [3.8, 4) is 0 Å². The van der Waals surface area contributed by atoms with Gasteiger partial charge in [-0.25, -0.2) is 4.98 Å². The zero-order valence-electron chi connectivity index (χ0n) is 11.6. The first-order valence-electron chi connectivity index (χ1n) is 6.76. The first-order valence-corrected chi connectivity index (χ1v) is 8.50. The predicted molar refractivity (Wildman–Crippen MR) is 92.5 cm³/mol. The number of hydrogen-bond acceptors (Lipinski definition) is 6. The fourth-order valence-corrected chi connectivity index (χ4v) is 4.02. The number of aliphatic hydroxyl groups is 1. The lowest BCUT2D eigenvalue weighted by Gasteiger charge is -2.24. The third-order valence-electron chi connectivity index (χ3n) is 3.95. The molecule has 0 saturated heterocycles. The Morgan fingerprint density at radius 2 is 2.18 bits per heavy atom. The zero-order chi connectivity index (χ0) is 15.7. The standard InChI is InChI=1S/C12H17BrN4O3P2/c13-8-4-10-14-2-1-9(17(10)16-8)15-7-3-6(5-18)11(19-21)12(7)20-22/h1-2,4,6-7,11-12,15,18H,3,5,21-22H2/t6-,7-,11-,12+/m1/s1. The molecule has 6 atom stereocenters. The third-order valence-corrected chi connectivity index (χ3v) is 4.97. The monoisotopic (exact) mass is 406 g/mol. The summed E-state index contributed by atoms with van der Waals surface area (Å²) in [7, 11) is 4.54. The van der Waals surface area contributed by atoms with Gasteiger partial charge in [0.25, 0.3) is 0 Å². The van der Waals surface area contributed by atoms with Gasteiger partial charge < -0.3 is 19.5 Å². The van der Waals surface area contributed by atoms with Crippen LogP contribution in [0, 0.1) is 5.92 Å². The van der Waals surface area contributed by atoms with E-state index < -0.39 is 0 Å². The first-order chi connectivity index (χ1) is 10.7. The number of nitrogens with one attached hydrogen (secondary N) is 1. The van der Waals surface area contributed by atoms with Crippen molar-refractivity contribution in [3.05, 3.63) is 22.9 Å². The smallest absolute Gasteiger partial charge is 0.158 e. The maximum absolute atomic E-state index is 9.53. The van der Waals surface area contributed by atoms with E-state index in [9.17, 15) is 5.11 Å². The molecule has 0 aromatic carbocycles. The number of nitrogens with zero attached hydrogens (tertiary/aromatic N) is 3. The third kappa shape index (κ3) is 3.01. The number of anilines is 1. The lowest BCUT2D eigenvalue weighted by atomic mass is 10.1. The minimum atomic E-state index is -0.193. The Bertz CT molecular complexity index is 658. The van der Waals surface area contributed by atoms with Crippen molar-refractivity contribution >= 4 is 46.3 Å². The SMILES string of the molecule is OC[C@H]1C[C@@H](Nc2ccnc3cc(Br)nn23)[C@H](OP)[C@@H]1OP. The summed E-state index contributed by atoms with van der Waals surface area (Å²) in [5.74, 6) is 0.830. The van der Waals surface area contributed by atoms with Crippen molar-refractivity contribution in [2.24, 2.45) is 5.92 Å². The van der Waals surface area contributed by atoms with E-state index >= 15 is 0 Å². The van der Waals surface area contributed by atoms with Crippen molar-refractivity contribution in [1.29, 1.82) is 0 Å². The van der Waals surface area contributed by atoms with Crippen LogP contribution in [0.1, 0.15) is 6.42 Å². The average Bonchev–Trinajstić information content (AvgIpc) is 3.06. The van der Waals surface area contributed by atoms with Crippen LogP contribution >= 0.6 is 34.9 Å². The summed E-state index contributed by atoms with van der Waals surface area (Å²) in [5.41, 5.74) is 0.746. The van der Waals surface area contributed by atoms with Gasteiger partial charge in [-0.05, 0) is 28.4 Å². The van der Waals surface area contributed by atoms with Gasteiger partial charge in [0.05, 0.1) is 12.1 Å². The van der Waals surface area contributed by atoms with Crippen molar-refractivity contribution in [3.63, 3.8) is 0 Å². The quantitative estimate of drug-likeness (QED) is 0.734. The molecule has 120 valence electrons. The molecule has 0 radical (unpaired) electrons. The molecule has 2 heterocycles. The van der Waals surface area contributed by atoms with Gasteiger partial charge in [0.15, 0.2) is 5.65 Å². The lowest BCUT2D eigenvalue weighted by molar-refractivity contribution is 0.0573. The van der Waals surface area contributed by atoms with Crippen LogP contribution in [-0.2, 0) is 9.05 Å². The van der Waals surface area contributed by atoms with Crippen LogP contribution < -0.4 is 5.32 Å². The minimum Gasteiger partial charge on any atom is -0.396 e. The van der Waals surface area contributed by atoms with Gasteiger partial charge in [-0.1, -0.05) is 0 Å². The van der Waals surface area contributed by atoms with Crippen molar-refractivity contribution < 1.29 is 14.2 Å². The van der Waals surface area contributed by atoms with Crippen LogP contribution in [0.25, 0.3) is 5.65 Å². The molecule has 1 fully saturated rings. The average molecular weight is 407 g/mol. The van der Waals surface area contributed by atoms with Crippen LogP contribution in [-0.4, -0.2) is 44.6 Å². The van der Waals surface area contributed by atoms with E-state index in [1.54, 1.807) is 10.7 Å². The largest absolute Gasteiger partial charge is 0.396 e. The van der Waals surface area contributed by atoms with Crippen LogP contribution in [0.5, 0.6) is 0 Å². The van der Waals surface area contributed by atoms with E-state index in [2.05, 4.69) is 50.3 Å². The summed E-state index contributed by atoms with van der Waals surface area (Å²) >= 11 is 3.35. The van der Waals surface area contributed by atoms with Gasteiger partial charge in [-0.15, -0.1) is 0 Å². The van der Waals surface area contributed by atoms with E-state index in [4.69, 9.17) is 9.05 Å². The van der Waals surface area contributed by atoms with E-state index in [1.165, 1.54) is 0 Å². The second-order valence-electron chi connectivity index (χ2n) is 5.20. The van der Waals surface area contributed by atoms with Gasteiger partial charge in [0, 0.05) is 43.7 Å². The van der Waals surface area contributed by atoms with Gasteiger partial charge in [0.1, 0.15) is 16.5 Å². The Labute approximate surface area is 140 Å². The van der Waals surface area contributed by atoms with Crippen LogP contribution in [0.15, 0.2) is 22.9 Å². The molecule has 10 heteroatoms. The molecule has 0 aliphatic heterocycles. The molecule has 2 aromatic rings. The molecule has 7 nitrogen and oxygen atoms in total.